The van der Waals surface area contributed by atoms with E-state index in [1.54, 1.807) is 0 Å². The van der Waals surface area contributed by atoms with Crippen molar-refractivity contribution in [3.8, 4) is 0 Å². The average Bonchev–Trinajstić information content (AvgIpc) is 2.56. The second-order valence-corrected chi connectivity index (χ2v) is 9.12. The van der Waals surface area contributed by atoms with Gasteiger partial charge in [-0.3, -0.25) is 0 Å². The molecule has 0 bridgehead atoms. The molecule has 3 atom stereocenters. The zero-order valence-corrected chi connectivity index (χ0v) is 13.2. The van der Waals surface area contributed by atoms with Crippen LogP contribution < -0.4 is 5.32 Å². The molecule has 2 aliphatic rings. The Kier molecular flexibility index (Phi) is 5.29. The molecule has 4 heteroatoms. The maximum atomic E-state index is 11.4. The van der Waals surface area contributed by atoms with Gasteiger partial charge in [0.2, 0.25) is 0 Å². The van der Waals surface area contributed by atoms with Crippen LogP contribution >= 0.6 is 0 Å². The highest BCUT2D eigenvalue weighted by atomic mass is 32.2. The lowest BCUT2D eigenvalue weighted by Crippen LogP contribution is -2.33. The molecular formula is C15H29NO2S. The zero-order chi connectivity index (χ0) is 13.9. The summed E-state index contributed by atoms with van der Waals surface area (Å²) in [6.45, 7) is 5.57. The zero-order valence-electron chi connectivity index (χ0n) is 12.4. The molecule has 1 saturated carbocycles. The van der Waals surface area contributed by atoms with Crippen molar-refractivity contribution in [1.82, 2.24) is 5.32 Å². The van der Waals surface area contributed by atoms with E-state index in [0.717, 1.165) is 24.8 Å². The molecule has 19 heavy (non-hydrogen) atoms. The summed E-state index contributed by atoms with van der Waals surface area (Å²) in [5.41, 5.74) is 0. The number of hydrogen-bond acceptors (Lipinski definition) is 3. The van der Waals surface area contributed by atoms with Crippen LogP contribution in [0.2, 0.25) is 0 Å². The van der Waals surface area contributed by atoms with E-state index in [1.165, 1.54) is 32.1 Å². The van der Waals surface area contributed by atoms with Gasteiger partial charge < -0.3 is 5.32 Å². The van der Waals surface area contributed by atoms with E-state index in [1.807, 2.05) is 0 Å². The van der Waals surface area contributed by atoms with Crippen LogP contribution in [0, 0.1) is 17.8 Å². The maximum absolute atomic E-state index is 11.4. The molecule has 1 heterocycles. The van der Waals surface area contributed by atoms with Gasteiger partial charge in [0.1, 0.15) is 0 Å². The van der Waals surface area contributed by atoms with Gasteiger partial charge >= 0.3 is 0 Å². The molecule has 0 aromatic rings. The molecule has 1 saturated heterocycles. The molecule has 3 nitrogen and oxygen atoms in total. The summed E-state index contributed by atoms with van der Waals surface area (Å²) in [6, 6.07) is 0.618. The van der Waals surface area contributed by atoms with E-state index in [2.05, 4.69) is 19.2 Å². The van der Waals surface area contributed by atoms with Gasteiger partial charge in [0.25, 0.3) is 0 Å². The van der Waals surface area contributed by atoms with Crippen molar-refractivity contribution in [2.45, 2.75) is 58.4 Å². The molecule has 0 aromatic heterocycles. The Bertz CT molecular complexity index is 378. The summed E-state index contributed by atoms with van der Waals surface area (Å²) in [5.74, 6) is 2.85. The monoisotopic (exact) mass is 287 g/mol. The van der Waals surface area contributed by atoms with E-state index >= 15 is 0 Å². The Morgan fingerprint density at radius 2 is 1.89 bits per heavy atom. The summed E-state index contributed by atoms with van der Waals surface area (Å²) in [6.07, 6.45) is 7.41. The summed E-state index contributed by atoms with van der Waals surface area (Å²) < 4.78 is 22.9. The molecule has 2 fully saturated rings. The maximum Gasteiger partial charge on any atom is 0.150 e. The van der Waals surface area contributed by atoms with Gasteiger partial charge in [0.15, 0.2) is 9.84 Å². The van der Waals surface area contributed by atoms with Gasteiger partial charge in [-0.05, 0) is 50.0 Å². The first kappa shape index (κ1) is 15.3. The summed E-state index contributed by atoms with van der Waals surface area (Å²) in [4.78, 5) is 0. The lowest BCUT2D eigenvalue weighted by atomic mass is 9.89. The topological polar surface area (TPSA) is 46.2 Å². The highest BCUT2D eigenvalue weighted by Crippen LogP contribution is 2.29. The fraction of sp³-hybridized carbons (Fsp3) is 1.00. The third-order valence-electron chi connectivity index (χ3n) is 4.98. The number of nitrogens with one attached hydrogen (secondary N) is 1. The molecule has 0 aromatic carbocycles. The predicted octanol–water partition coefficient (Wildman–Crippen LogP) is 2.62. The lowest BCUT2D eigenvalue weighted by Gasteiger charge is -2.20. The third kappa shape index (κ3) is 4.75. The second-order valence-electron chi connectivity index (χ2n) is 6.89. The van der Waals surface area contributed by atoms with Crippen molar-refractivity contribution >= 4 is 9.84 Å². The molecule has 2 rings (SSSR count). The summed E-state index contributed by atoms with van der Waals surface area (Å²) >= 11 is 0. The first-order valence-electron chi connectivity index (χ1n) is 7.90. The largest absolute Gasteiger partial charge is 0.314 e. The quantitative estimate of drug-likeness (QED) is 0.809. The van der Waals surface area contributed by atoms with Crippen molar-refractivity contribution in [3.05, 3.63) is 0 Å². The normalized spacial score (nSPS) is 35.4. The van der Waals surface area contributed by atoms with Gasteiger partial charge in [-0.15, -0.1) is 0 Å². The van der Waals surface area contributed by atoms with Crippen molar-refractivity contribution in [2.75, 3.05) is 18.1 Å². The molecule has 112 valence electrons. The minimum Gasteiger partial charge on any atom is -0.314 e. The second kappa shape index (κ2) is 6.57. The highest BCUT2D eigenvalue weighted by Gasteiger charge is 2.28. The van der Waals surface area contributed by atoms with Crippen LogP contribution in [0.15, 0.2) is 0 Å². The summed E-state index contributed by atoms with van der Waals surface area (Å²) in [7, 11) is -2.72. The Hall–Kier alpha value is -0.0900. The fourth-order valence-corrected chi connectivity index (χ4v) is 5.43. The summed E-state index contributed by atoms with van der Waals surface area (Å²) in [5, 5.41) is 3.64. The van der Waals surface area contributed by atoms with Crippen LogP contribution in [0.1, 0.15) is 52.4 Å². The first-order valence-corrected chi connectivity index (χ1v) is 9.72. The molecule has 1 aliphatic carbocycles. The van der Waals surface area contributed by atoms with Crippen LogP contribution in [-0.2, 0) is 9.84 Å². The van der Waals surface area contributed by atoms with E-state index < -0.39 is 9.84 Å². The van der Waals surface area contributed by atoms with Crippen molar-refractivity contribution in [3.63, 3.8) is 0 Å². The molecule has 0 radical (unpaired) electrons. The average molecular weight is 287 g/mol. The van der Waals surface area contributed by atoms with Crippen molar-refractivity contribution in [2.24, 2.45) is 17.8 Å². The van der Waals surface area contributed by atoms with E-state index in [9.17, 15) is 8.42 Å². The standard InChI is InChI=1S/C15H29NO2S/c1-12(2)14-4-3-5-15(7-6-14)16-10-13-8-9-19(17,18)11-13/h12-16H,3-11H2,1-2H3. The van der Waals surface area contributed by atoms with Crippen LogP contribution in [-0.4, -0.2) is 32.5 Å². The number of hydrogen-bond donors (Lipinski definition) is 1. The van der Waals surface area contributed by atoms with Gasteiger partial charge in [0.05, 0.1) is 11.5 Å². The van der Waals surface area contributed by atoms with Crippen molar-refractivity contribution in [1.29, 1.82) is 0 Å². The third-order valence-corrected chi connectivity index (χ3v) is 6.82. The molecular weight excluding hydrogens is 258 g/mol. The van der Waals surface area contributed by atoms with Gasteiger partial charge in [-0.1, -0.05) is 26.7 Å². The number of rotatable bonds is 4. The highest BCUT2D eigenvalue weighted by molar-refractivity contribution is 7.91. The fourth-order valence-electron chi connectivity index (χ4n) is 3.57. The minimum absolute atomic E-state index is 0.356. The van der Waals surface area contributed by atoms with Gasteiger partial charge in [-0.25, -0.2) is 8.42 Å². The molecule has 1 N–H and O–H groups in total. The Morgan fingerprint density at radius 3 is 2.53 bits per heavy atom. The van der Waals surface area contributed by atoms with Gasteiger partial charge in [-0.2, -0.15) is 0 Å². The molecule has 1 aliphatic heterocycles. The van der Waals surface area contributed by atoms with Gasteiger partial charge in [0, 0.05) is 6.04 Å². The van der Waals surface area contributed by atoms with E-state index in [-0.39, 0.29) is 0 Å². The Morgan fingerprint density at radius 1 is 1.11 bits per heavy atom. The van der Waals surface area contributed by atoms with Crippen molar-refractivity contribution < 1.29 is 8.42 Å². The minimum atomic E-state index is -2.72. The lowest BCUT2D eigenvalue weighted by molar-refractivity contribution is 0.336. The van der Waals surface area contributed by atoms with Crippen LogP contribution in [0.3, 0.4) is 0 Å². The Labute approximate surface area is 118 Å². The van der Waals surface area contributed by atoms with Crippen LogP contribution in [0.5, 0.6) is 0 Å². The van der Waals surface area contributed by atoms with E-state index in [0.29, 0.717) is 23.5 Å². The smallest absolute Gasteiger partial charge is 0.150 e. The first-order chi connectivity index (χ1) is 8.96. The van der Waals surface area contributed by atoms with Crippen LogP contribution in [0.25, 0.3) is 0 Å². The van der Waals surface area contributed by atoms with E-state index in [4.69, 9.17) is 0 Å². The molecule has 3 unspecified atom stereocenters. The predicted molar refractivity (Wildman–Crippen MR) is 80.0 cm³/mol. The number of sulfone groups is 1. The Balaban J connectivity index is 1.72. The van der Waals surface area contributed by atoms with Crippen LogP contribution in [0.4, 0.5) is 0 Å². The molecule has 0 spiro atoms. The molecule has 0 amide bonds. The SMILES string of the molecule is CC(C)C1CCCC(NCC2CCS(=O)(=O)C2)CC1.